The molecule has 16 heavy (non-hydrogen) atoms. The van der Waals surface area contributed by atoms with Crippen LogP contribution in [0.15, 0.2) is 53.7 Å². The van der Waals surface area contributed by atoms with Crippen molar-refractivity contribution in [1.82, 2.24) is 4.98 Å². The first-order valence-electron chi connectivity index (χ1n) is 5.01. The molecule has 0 aliphatic rings. The van der Waals surface area contributed by atoms with E-state index in [0.717, 1.165) is 11.5 Å². The maximum absolute atomic E-state index is 5.63. The summed E-state index contributed by atoms with van der Waals surface area (Å²) in [5.41, 5.74) is 0. The molecule has 1 aromatic heterocycles. The first-order chi connectivity index (χ1) is 7.88. The van der Waals surface area contributed by atoms with E-state index in [9.17, 15) is 0 Å². The van der Waals surface area contributed by atoms with Gasteiger partial charge in [-0.05, 0) is 24.3 Å². The summed E-state index contributed by atoms with van der Waals surface area (Å²) >= 11 is 1.70. The first-order valence-corrected chi connectivity index (χ1v) is 5.89. The number of aromatic nitrogens is 1. The second kappa shape index (κ2) is 5.37. The summed E-state index contributed by atoms with van der Waals surface area (Å²) in [7, 11) is 0. The molecular formula is C13H12NOS+. The molecule has 0 aliphatic carbocycles. The van der Waals surface area contributed by atoms with Gasteiger partial charge in [0.2, 0.25) is 16.2 Å². The standard InChI is InChI=1S/C13H12NOS/c1-2-16-13-7-5-11(6-8-13)15-12-4-3-9-14-10-12/h2-10H,1H3/q+1. The fourth-order valence-corrected chi connectivity index (χ4v) is 1.83. The van der Waals surface area contributed by atoms with Crippen molar-refractivity contribution in [3.8, 4) is 11.5 Å². The predicted molar refractivity (Wildman–Crippen MR) is 68.1 cm³/mol. The van der Waals surface area contributed by atoms with Gasteiger partial charge in [-0.25, -0.2) is 0 Å². The van der Waals surface area contributed by atoms with E-state index in [1.807, 2.05) is 43.3 Å². The van der Waals surface area contributed by atoms with Gasteiger partial charge in [-0.3, -0.25) is 4.98 Å². The summed E-state index contributed by atoms with van der Waals surface area (Å²) in [4.78, 5) is 5.20. The molecule has 0 saturated heterocycles. The number of benzene rings is 1. The van der Waals surface area contributed by atoms with Crippen molar-refractivity contribution in [2.45, 2.75) is 11.8 Å². The molecule has 0 amide bonds. The molecule has 0 unspecified atom stereocenters. The number of hydrogen-bond donors (Lipinski definition) is 0. The Labute approximate surface area is 98.9 Å². The second-order valence-corrected chi connectivity index (χ2v) is 4.29. The zero-order valence-electron chi connectivity index (χ0n) is 8.96. The molecule has 2 aromatic rings. The third-order valence-electron chi connectivity index (χ3n) is 1.95. The minimum absolute atomic E-state index is 0.755. The minimum Gasteiger partial charge on any atom is -0.456 e. The Morgan fingerprint density at radius 3 is 2.56 bits per heavy atom. The molecule has 0 radical (unpaired) electrons. The second-order valence-electron chi connectivity index (χ2n) is 3.12. The van der Waals surface area contributed by atoms with Gasteiger partial charge >= 0.3 is 0 Å². The molecule has 2 nitrogen and oxygen atoms in total. The molecule has 1 heterocycles. The number of rotatable bonds is 3. The summed E-state index contributed by atoms with van der Waals surface area (Å²) in [6.07, 6.45) is 3.42. The smallest absolute Gasteiger partial charge is 0.230 e. The van der Waals surface area contributed by atoms with Gasteiger partial charge in [0.1, 0.15) is 11.5 Å². The summed E-state index contributed by atoms with van der Waals surface area (Å²) in [6.45, 7) is 2.02. The zero-order valence-corrected chi connectivity index (χ0v) is 9.78. The average molecular weight is 230 g/mol. The maximum Gasteiger partial charge on any atom is 0.230 e. The fraction of sp³-hybridized carbons (Fsp3) is 0.0769. The van der Waals surface area contributed by atoms with Gasteiger partial charge in [0, 0.05) is 25.3 Å². The molecule has 3 heteroatoms. The lowest BCUT2D eigenvalue weighted by molar-refractivity contribution is 0.480. The Bertz CT molecular complexity index is 465. The van der Waals surface area contributed by atoms with Gasteiger partial charge < -0.3 is 4.74 Å². The van der Waals surface area contributed by atoms with E-state index in [-0.39, 0.29) is 0 Å². The van der Waals surface area contributed by atoms with E-state index in [1.54, 1.807) is 23.7 Å². The fourth-order valence-electron chi connectivity index (χ4n) is 1.27. The van der Waals surface area contributed by atoms with E-state index in [1.165, 1.54) is 4.90 Å². The lowest BCUT2D eigenvalue weighted by Gasteiger charge is -2.03. The quantitative estimate of drug-likeness (QED) is 0.597. The van der Waals surface area contributed by atoms with Gasteiger partial charge in [-0.1, -0.05) is 0 Å². The van der Waals surface area contributed by atoms with Crippen LogP contribution in [0.1, 0.15) is 6.92 Å². The van der Waals surface area contributed by atoms with Gasteiger partial charge in [-0.2, -0.15) is 0 Å². The van der Waals surface area contributed by atoms with Gasteiger partial charge in [-0.15, -0.1) is 0 Å². The van der Waals surface area contributed by atoms with Crippen LogP contribution in [0.3, 0.4) is 0 Å². The molecule has 0 spiro atoms. The van der Waals surface area contributed by atoms with E-state index in [4.69, 9.17) is 4.74 Å². The summed E-state index contributed by atoms with van der Waals surface area (Å²) < 4.78 is 5.63. The number of hydrogen-bond acceptors (Lipinski definition) is 2. The Kier molecular flexibility index (Phi) is 3.62. The topological polar surface area (TPSA) is 22.1 Å². The third-order valence-corrected chi connectivity index (χ3v) is 2.73. The van der Waals surface area contributed by atoms with E-state index in [0.29, 0.717) is 0 Å². The number of ether oxygens (including phenoxy) is 1. The van der Waals surface area contributed by atoms with Crippen LogP contribution in [0.25, 0.3) is 0 Å². The monoisotopic (exact) mass is 230 g/mol. The lowest BCUT2D eigenvalue weighted by Crippen LogP contribution is -1.84. The van der Waals surface area contributed by atoms with Crippen molar-refractivity contribution in [2.24, 2.45) is 0 Å². The molecule has 1 aromatic carbocycles. The van der Waals surface area contributed by atoms with Crippen molar-refractivity contribution in [3.05, 3.63) is 48.8 Å². The van der Waals surface area contributed by atoms with Crippen LogP contribution in [0.4, 0.5) is 0 Å². The molecule has 2 rings (SSSR count). The van der Waals surface area contributed by atoms with Gasteiger partial charge in [0.25, 0.3) is 0 Å². The summed E-state index contributed by atoms with van der Waals surface area (Å²) in [5.74, 6) is 1.58. The zero-order chi connectivity index (χ0) is 11.2. The highest BCUT2D eigenvalue weighted by Gasteiger charge is 2.01. The SMILES string of the molecule is CC=[S+]c1ccc(Oc2cccnc2)cc1. The van der Waals surface area contributed by atoms with Crippen LogP contribution in [0, 0.1) is 0 Å². The highest BCUT2D eigenvalue weighted by molar-refractivity contribution is 7.77. The van der Waals surface area contributed by atoms with Crippen LogP contribution in [0.2, 0.25) is 0 Å². The van der Waals surface area contributed by atoms with Crippen molar-refractivity contribution in [2.75, 3.05) is 0 Å². The van der Waals surface area contributed by atoms with Crippen LogP contribution in [-0.2, 0) is 11.4 Å². The van der Waals surface area contributed by atoms with Crippen LogP contribution >= 0.6 is 0 Å². The van der Waals surface area contributed by atoms with Crippen molar-refractivity contribution >= 4 is 16.7 Å². The highest BCUT2D eigenvalue weighted by atomic mass is 32.1. The van der Waals surface area contributed by atoms with E-state index < -0.39 is 0 Å². The van der Waals surface area contributed by atoms with Crippen LogP contribution in [-0.4, -0.2) is 10.4 Å². The van der Waals surface area contributed by atoms with E-state index in [2.05, 4.69) is 10.4 Å². The minimum atomic E-state index is 0.755. The Morgan fingerprint density at radius 2 is 1.94 bits per heavy atom. The average Bonchev–Trinajstić information content (AvgIpc) is 2.33. The van der Waals surface area contributed by atoms with Crippen molar-refractivity contribution in [1.29, 1.82) is 0 Å². The summed E-state index contributed by atoms with van der Waals surface area (Å²) in [5, 5.41) is 2.05. The normalized spacial score (nSPS) is 10.6. The largest absolute Gasteiger partial charge is 0.456 e. The Morgan fingerprint density at radius 1 is 1.12 bits per heavy atom. The van der Waals surface area contributed by atoms with Gasteiger partial charge in [0.05, 0.1) is 6.20 Å². The Hall–Kier alpha value is -1.74. The third kappa shape index (κ3) is 2.87. The molecule has 0 atom stereocenters. The maximum atomic E-state index is 5.63. The molecule has 0 aliphatic heterocycles. The molecule has 0 bridgehead atoms. The van der Waals surface area contributed by atoms with E-state index >= 15 is 0 Å². The van der Waals surface area contributed by atoms with Crippen LogP contribution in [0.5, 0.6) is 11.5 Å². The number of pyridine rings is 1. The molecule has 0 saturated carbocycles. The Balaban J connectivity index is 2.11. The first kappa shape index (κ1) is 10.8. The number of nitrogens with zero attached hydrogens (tertiary/aromatic N) is 1. The molecule has 0 fully saturated rings. The molecule has 0 N–H and O–H groups in total. The summed E-state index contributed by atoms with van der Waals surface area (Å²) in [6, 6.07) is 11.7. The molecular weight excluding hydrogens is 218 g/mol. The lowest BCUT2D eigenvalue weighted by atomic mass is 10.3. The highest BCUT2D eigenvalue weighted by Crippen LogP contribution is 2.20. The molecule has 80 valence electrons. The van der Waals surface area contributed by atoms with Crippen molar-refractivity contribution in [3.63, 3.8) is 0 Å². The van der Waals surface area contributed by atoms with Gasteiger partial charge in [0.15, 0.2) is 5.37 Å². The van der Waals surface area contributed by atoms with Crippen molar-refractivity contribution < 1.29 is 4.74 Å². The van der Waals surface area contributed by atoms with Crippen LogP contribution < -0.4 is 4.74 Å². The predicted octanol–water partition coefficient (Wildman–Crippen LogP) is 3.14.